The highest BCUT2D eigenvalue weighted by molar-refractivity contribution is 7.18. The molecule has 3 aromatic rings. The predicted molar refractivity (Wildman–Crippen MR) is 101 cm³/mol. The van der Waals surface area contributed by atoms with Crippen molar-refractivity contribution in [2.75, 3.05) is 0 Å². The van der Waals surface area contributed by atoms with Crippen LogP contribution in [0.4, 0.5) is 0 Å². The van der Waals surface area contributed by atoms with Crippen LogP contribution < -0.4 is 5.56 Å². The standard InChI is InChI=1S/C19H22N2O3S/c1-11(2)16(22)7-5-14-9-15-18(25-14)19(24)21(10-20-15)13-4-6-17(23)12(3)8-13/h4,6,8-11,16,22-23H,5,7H2,1-3H3. The molecular weight excluding hydrogens is 336 g/mol. The van der Waals surface area contributed by atoms with E-state index in [1.54, 1.807) is 25.1 Å². The molecule has 0 saturated carbocycles. The van der Waals surface area contributed by atoms with Crippen molar-refractivity contribution in [1.29, 1.82) is 0 Å². The Bertz CT molecular complexity index is 959. The number of aryl methyl sites for hydroxylation is 2. The van der Waals surface area contributed by atoms with Gasteiger partial charge >= 0.3 is 0 Å². The maximum atomic E-state index is 12.8. The molecule has 0 radical (unpaired) electrons. The number of fused-ring (bicyclic) bond motifs is 1. The molecule has 25 heavy (non-hydrogen) atoms. The van der Waals surface area contributed by atoms with E-state index in [-0.39, 0.29) is 23.3 Å². The molecule has 0 aliphatic carbocycles. The van der Waals surface area contributed by atoms with Gasteiger partial charge < -0.3 is 10.2 Å². The number of phenolic OH excluding ortho intramolecular Hbond substituents is 1. The number of rotatable bonds is 5. The first kappa shape index (κ1) is 17.6. The molecule has 5 nitrogen and oxygen atoms in total. The molecule has 1 unspecified atom stereocenters. The number of thiophene rings is 1. The van der Waals surface area contributed by atoms with Crippen LogP contribution in [0.15, 0.2) is 35.4 Å². The molecule has 2 N–H and O–H groups in total. The van der Waals surface area contributed by atoms with Crippen molar-refractivity contribution in [2.24, 2.45) is 5.92 Å². The van der Waals surface area contributed by atoms with Gasteiger partial charge in [-0.1, -0.05) is 13.8 Å². The van der Waals surface area contributed by atoms with Crippen molar-refractivity contribution in [2.45, 2.75) is 39.7 Å². The van der Waals surface area contributed by atoms with Gasteiger partial charge in [0.05, 0.1) is 17.3 Å². The third kappa shape index (κ3) is 3.60. The van der Waals surface area contributed by atoms with Crippen LogP contribution in [0.5, 0.6) is 5.75 Å². The highest BCUT2D eigenvalue weighted by Crippen LogP contribution is 2.24. The summed E-state index contributed by atoms with van der Waals surface area (Å²) in [6.07, 6.45) is 2.60. The first-order valence-electron chi connectivity index (χ1n) is 8.35. The van der Waals surface area contributed by atoms with E-state index in [0.717, 1.165) is 11.3 Å². The summed E-state index contributed by atoms with van der Waals surface area (Å²) in [7, 11) is 0. The Hall–Kier alpha value is -2.18. The summed E-state index contributed by atoms with van der Waals surface area (Å²) in [5.41, 5.74) is 1.96. The minimum atomic E-state index is -0.338. The minimum absolute atomic E-state index is 0.115. The van der Waals surface area contributed by atoms with E-state index in [0.29, 0.717) is 27.9 Å². The average Bonchev–Trinajstić information content (AvgIpc) is 2.99. The number of hydrogen-bond donors (Lipinski definition) is 2. The zero-order valence-electron chi connectivity index (χ0n) is 14.6. The fourth-order valence-corrected chi connectivity index (χ4v) is 3.74. The summed E-state index contributed by atoms with van der Waals surface area (Å²) >= 11 is 1.44. The zero-order valence-corrected chi connectivity index (χ0v) is 15.4. The first-order valence-corrected chi connectivity index (χ1v) is 9.16. The Kier molecular flexibility index (Phi) is 4.92. The number of aromatic hydroxyl groups is 1. The van der Waals surface area contributed by atoms with Gasteiger partial charge in [-0.25, -0.2) is 4.98 Å². The van der Waals surface area contributed by atoms with Crippen LogP contribution in [-0.2, 0) is 6.42 Å². The molecule has 0 amide bonds. The highest BCUT2D eigenvalue weighted by atomic mass is 32.1. The van der Waals surface area contributed by atoms with Crippen LogP contribution >= 0.6 is 11.3 Å². The fraction of sp³-hybridized carbons (Fsp3) is 0.368. The molecule has 3 rings (SSSR count). The van der Waals surface area contributed by atoms with Gasteiger partial charge in [0, 0.05) is 4.88 Å². The number of aliphatic hydroxyl groups excluding tert-OH is 1. The topological polar surface area (TPSA) is 75.3 Å². The average molecular weight is 358 g/mol. The number of nitrogens with zero attached hydrogens (tertiary/aromatic N) is 2. The molecule has 0 aliphatic rings. The van der Waals surface area contributed by atoms with Gasteiger partial charge in [-0.3, -0.25) is 9.36 Å². The minimum Gasteiger partial charge on any atom is -0.508 e. The Morgan fingerprint density at radius 2 is 2.04 bits per heavy atom. The number of benzene rings is 1. The molecule has 132 valence electrons. The van der Waals surface area contributed by atoms with E-state index in [2.05, 4.69) is 4.98 Å². The van der Waals surface area contributed by atoms with Crippen molar-refractivity contribution in [3.63, 3.8) is 0 Å². The summed E-state index contributed by atoms with van der Waals surface area (Å²) in [6.45, 7) is 5.78. The molecule has 0 aliphatic heterocycles. The Labute approximate surface area is 150 Å². The lowest BCUT2D eigenvalue weighted by Gasteiger charge is -2.12. The van der Waals surface area contributed by atoms with Crippen LogP contribution in [-0.4, -0.2) is 25.9 Å². The van der Waals surface area contributed by atoms with Crippen molar-refractivity contribution in [3.8, 4) is 11.4 Å². The van der Waals surface area contributed by atoms with Crippen molar-refractivity contribution < 1.29 is 10.2 Å². The quantitative estimate of drug-likeness (QED) is 0.733. The van der Waals surface area contributed by atoms with Gasteiger partial charge in [0.25, 0.3) is 5.56 Å². The van der Waals surface area contributed by atoms with Gasteiger partial charge in [0.15, 0.2) is 0 Å². The van der Waals surface area contributed by atoms with E-state index in [4.69, 9.17) is 0 Å². The smallest absolute Gasteiger partial charge is 0.275 e. The second kappa shape index (κ2) is 6.98. The van der Waals surface area contributed by atoms with Crippen LogP contribution in [0.25, 0.3) is 15.9 Å². The highest BCUT2D eigenvalue weighted by Gasteiger charge is 2.13. The third-order valence-corrected chi connectivity index (χ3v) is 5.58. The molecular formula is C19H22N2O3S. The van der Waals surface area contributed by atoms with Gasteiger partial charge in [0.2, 0.25) is 0 Å². The Morgan fingerprint density at radius 3 is 2.72 bits per heavy atom. The van der Waals surface area contributed by atoms with E-state index >= 15 is 0 Å². The van der Waals surface area contributed by atoms with Gasteiger partial charge in [-0.15, -0.1) is 11.3 Å². The lowest BCUT2D eigenvalue weighted by atomic mass is 10.0. The second-order valence-corrected chi connectivity index (χ2v) is 7.80. The van der Waals surface area contributed by atoms with Gasteiger partial charge in [-0.2, -0.15) is 0 Å². The molecule has 0 saturated heterocycles. The first-order chi connectivity index (χ1) is 11.9. The van der Waals surface area contributed by atoms with E-state index in [9.17, 15) is 15.0 Å². The number of hydrogen-bond acceptors (Lipinski definition) is 5. The van der Waals surface area contributed by atoms with Gasteiger partial charge in [0.1, 0.15) is 16.8 Å². The van der Waals surface area contributed by atoms with E-state index in [1.807, 2.05) is 19.9 Å². The molecule has 0 spiro atoms. The summed E-state index contributed by atoms with van der Waals surface area (Å²) < 4.78 is 2.11. The fourth-order valence-electron chi connectivity index (χ4n) is 2.68. The van der Waals surface area contributed by atoms with Crippen LogP contribution in [0, 0.1) is 12.8 Å². The van der Waals surface area contributed by atoms with Crippen LogP contribution in [0.1, 0.15) is 30.7 Å². The molecule has 0 fully saturated rings. The lowest BCUT2D eigenvalue weighted by molar-refractivity contribution is 0.117. The normalized spacial score (nSPS) is 12.8. The molecule has 1 aromatic carbocycles. The largest absolute Gasteiger partial charge is 0.508 e. The molecule has 2 aromatic heterocycles. The van der Waals surface area contributed by atoms with E-state index < -0.39 is 0 Å². The third-order valence-electron chi connectivity index (χ3n) is 4.40. The Morgan fingerprint density at radius 1 is 1.28 bits per heavy atom. The zero-order chi connectivity index (χ0) is 18.1. The summed E-state index contributed by atoms with van der Waals surface area (Å²) in [5, 5.41) is 19.6. The maximum Gasteiger partial charge on any atom is 0.275 e. The molecule has 2 heterocycles. The van der Waals surface area contributed by atoms with Crippen molar-refractivity contribution in [3.05, 3.63) is 51.4 Å². The maximum absolute atomic E-state index is 12.8. The summed E-state index contributed by atoms with van der Waals surface area (Å²) in [4.78, 5) is 18.3. The predicted octanol–water partition coefficient (Wildman–Crippen LogP) is 3.41. The lowest BCUT2D eigenvalue weighted by Crippen LogP contribution is -2.17. The Balaban J connectivity index is 1.94. The van der Waals surface area contributed by atoms with Gasteiger partial charge in [-0.05, 0) is 55.5 Å². The summed E-state index contributed by atoms with van der Waals surface area (Å²) in [6, 6.07) is 6.97. The number of aromatic nitrogens is 2. The SMILES string of the molecule is Cc1cc(-n2cnc3cc(CCC(O)C(C)C)sc3c2=O)ccc1O. The van der Waals surface area contributed by atoms with Crippen molar-refractivity contribution >= 4 is 21.6 Å². The second-order valence-electron chi connectivity index (χ2n) is 6.67. The number of aliphatic hydroxyl groups is 1. The molecule has 0 bridgehead atoms. The number of phenols is 1. The molecule has 1 atom stereocenters. The van der Waals surface area contributed by atoms with E-state index in [1.165, 1.54) is 22.2 Å². The van der Waals surface area contributed by atoms with Crippen LogP contribution in [0.2, 0.25) is 0 Å². The molecule has 6 heteroatoms. The van der Waals surface area contributed by atoms with Crippen LogP contribution in [0.3, 0.4) is 0 Å². The van der Waals surface area contributed by atoms with Crippen molar-refractivity contribution in [1.82, 2.24) is 9.55 Å². The summed E-state index contributed by atoms with van der Waals surface area (Å²) in [5.74, 6) is 0.426. The monoisotopic (exact) mass is 358 g/mol.